The van der Waals surface area contributed by atoms with Gasteiger partial charge in [-0.15, -0.1) is 0 Å². The molecular formula is C34H45FN6O5. The molecule has 3 fully saturated rings. The number of halogens is 1. The van der Waals surface area contributed by atoms with Crippen molar-refractivity contribution in [2.45, 2.75) is 45.1 Å². The zero-order chi connectivity index (χ0) is 33.4. The Hall–Kier alpha value is -4.19. The molecule has 1 atom stereocenters. The number of nitrogens with one attached hydrogen (secondary N) is 1. The minimum Gasteiger partial charge on any atom is -0.372 e. The topological polar surface area (TPSA) is 123 Å². The smallest absolute Gasteiger partial charge is 0.255 e. The van der Waals surface area contributed by atoms with Gasteiger partial charge in [0.05, 0.1) is 11.3 Å². The van der Waals surface area contributed by atoms with E-state index in [0.29, 0.717) is 49.3 Å². The number of benzene rings is 1. The molecule has 1 unspecified atom stereocenters. The van der Waals surface area contributed by atoms with Gasteiger partial charge in [-0.1, -0.05) is 6.58 Å². The highest BCUT2D eigenvalue weighted by Crippen LogP contribution is 2.42. The summed E-state index contributed by atoms with van der Waals surface area (Å²) in [5.41, 5.74) is 1.86. The molecule has 4 rings (SSSR count). The number of amides is 2. The quantitative estimate of drug-likeness (QED) is 0.245. The molecule has 11 nitrogen and oxygen atoms in total. The van der Waals surface area contributed by atoms with Gasteiger partial charge in [-0.3, -0.25) is 24.2 Å². The lowest BCUT2D eigenvalue weighted by Crippen LogP contribution is -2.56. The maximum absolute atomic E-state index is 15.5. The van der Waals surface area contributed by atoms with Crippen LogP contribution < -0.4 is 10.2 Å². The molecule has 0 bridgehead atoms. The van der Waals surface area contributed by atoms with Gasteiger partial charge < -0.3 is 29.7 Å². The first-order valence-corrected chi connectivity index (χ1v) is 15.8. The first-order valence-electron chi connectivity index (χ1n) is 15.8. The fraction of sp³-hybridized carbons (Fsp3) is 0.529. The number of carbonyl (C=O) groups is 5. The Bertz CT molecular complexity index is 1390. The van der Waals surface area contributed by atoms with Gasteiger partial charge in [0.1, 0.15) is 23.9 Å². The van der Waals surface area contributed by atoms with Crippen LogP contribution in [0.15, 0.2) is 41.7 Å². The highest BCUT2D eigenvalue weighted by atomic mass is 19.1. The van der Waals surface area contributed by atoms with Gasteiger partial charge in [-0.05, 0) is 63.3 Å². The van der Waals surface area contributed by atoms with Crippen molar-refractivity contribution >= 4 is 42.1 Å². The molecule has 0 aliphatic carbocycles. The van der Waals surface area contributed by atoms with Crippen molar-refractivity contribution in [3.05, 3.63) is 53.6 Å². The molecule has 0 saturated carbocycles. The molecule has 12 heteroatoms. The van der Waals surface area contributed by atoms with Crippen molar-refractivity contribution in [2.75, 3.05) is 64.8 Å². The monoisotopic (exact) mass is 636 g/mol. The Morgan fingerprint density at radius 1 is 1.17 bits per heavy atom. The van der Waals surface area contributed by atoms with Gasteiger partial charge in [0.15, 0.2) is 12.6 Å². The van der Waals surface area contributed by atoms with E-state index in [-0.39, 0.29) is 29.4 Å². The first-order chi connectivity index (χ1) is 22.1. The third kappa shape index (κ3) is 7.78. The third-order valence-electron chi connectivity index (χ3n) is 9.64. The molecule has 248 valence electrons. The second-order valence-electron chi connectivity index (χ2n) is 12.7. The fourth-order valence-electron chi connectivity index (χ4n) is 6.88. The number of aldehydes is 3. The van der Waals surface area contributed by atoms with E-state index in [1.54, 1.807) is 6.20 Å². The Kier molecular flexibility index (Phi) is 11.6. The Morgan fingerprint density at radius 2 is 1.89 bits per heavy atom. The number of allylic oxidation sites excluding steroid dienone is 2. The number of aliphatic imine (C=N–C) groups is 1. The fourth-order valence-corrected chi connectivity index (χ4v) is 6.88. The lowest BCUT2D eigenvalue weighted by molar-refractivity contribution is -0.125. The summed E-state index contributed by atoms with van der Waals surface area (Å²) in [6.07, 6.45) is 8.18. The van der Waals surface area contributed by atoms with Gasteiger partial charge in [0.2, 0.25) is 5.91 Å². The van der Waals surface area contributed by atoms with Crippen LogP contribution in [0.3, 0.4) is 0 Å². The molecule has 3 heterocycles. The van der Waals surface area contributed by atoms with Crippen LogP contribution >= 0.6 is 0 Å². The summed E-state index contributed by atoms with van der Waals surface area (Å²) in [5, 5.41) is 2.48. The molecule has 1 spiro atoms. The molecule has 3 aliphatic rings. The molecule has 3 saturated heterocycles. The average molecular weight is 637 g/mol. The van der Waals surface area contributed by atoms with Crippen molar-refractivity contribution in [3.8, 4) is 0 Å². The molecule has 46 heavy (non-hydrogen) atoms. The minimum atomic E-state index is -0.932. The summed E-state index contributed by atoms with van der Waals surface area (Å²) in [7, 11) is 2.84. The van der Waals surface area contributed by atoms with E-state index < -0.39 is 23.7 Å². The number of likely N-dealkylation sites (tertiary alicyclic amines) is 2. The number of piperidine rings is 1. The van der Waals surface area contributed by atoms with Crippen LogP contribution in [-0.2, 0) is 14.4 Å². The van der Waals surface area contributed by atoms with Crippen molar-refractivity contribution in [3.63, 3.8) is 0 Å². The van der Waals surface area contributed by atoms with Gasteiger partial charge >= 0.3 is 0 Å². The lowest BCUT2D eigenvalue weighted by atomic mass is 9.79. The van der Waals surface area contributed by atoms with Crippen molar-refractivity contribution < 1.29 is 28.4 Å². The van der Waals surface area contributed by atoms with E-state index in [2.05, 4.69) is 26.7 Å². The van der Waals surface area contributed by atoms with Crippen LogP contribution in [0.25, 0.3) is 0 Å². The van der Waals surface area contributed by atoms with Crippen LogP contribution in [0.4, 0.5) is 10.1 Å². The first kappa shape index (κ1) is 34.7. The molecule has 3 aliphatic heterocycles. The Morgan fingerprint density at radius 3 is 2.50 bits per heavy atom. The summed E-state index contributed by atoms with van der Waals surface area (Å²) in [6.45, 7) is 11.9. The lowest BCUT2D eigenvalue weighted by Gasteiger charge is -2.50. The summed E-state index contributed by atoms with van der Waals surface area (Å²) in [6, 6.07) is 1.58. The molecule has 1 aromatic carbocycles. The summed E-state index contributed by atoms with van der Waals surface area (Å²) < 4.78 is 15.5. The highest BCUT2D eigenvalue weighted by Gasteiger charge is 2.47. The average Bonchev–Trinajstić information content (AvgIpc) is 3.48. The summed E-state index contributed by atoms with van der Waals surface area (Å²) in [5.74, 6) is -1.22. The van der Waals surface area contributed by atoms with Gasteiger partial charge in [-0.2, -0.15) is 0 Å². The summed E-state index contributed by atoms with van der Waals surface area (Å²) in [4.78, 5) is 71.6. The van der Waals surface area contributed by atoms with Crippen LogP contribution in [-0.4, -0.2) is 117 Å². The highest BCUT2D eigenvalue weighted by molar-refractivity contribution is 6.33. The number of anilines is 1. The van der Waals surface area contributed by atoms with E-state index >= 15 is 4.39 Å². The SMILES string of the molecule is C=C/C(C=O)=N\C=C(/C)N1CC2(CCN(CC3CCN(c4cc(C=O)c(C(=O)N(C)C(CCC=O)C(=O)NC)cc4F)CC3)C2)C1. The van der Waals surface area contributed by atoms with Gasteiger partial charge in [0, 0.05) is 82.7 Å². The molecule has 1 N–H and O–H groups in total. The largest absolute Gasteiger partial charge is 0.372 e. The van der Waals surface area contributed by atoms with Gasteiger partial charge in [0.25, 0.3) is 5.91 Å². The predicted molar refractivity (Wildman–Crippen MR) is 174 cm³/mol. The number of hydrogen-bond donors (Lipinski definition) is 1. The Labute approximate surface area is 270 Å². The molecule has 0 radical (unpaired) electrons. The number of likely N-dealkylation sites (N-methyl/N-ethyl adjacent to an activating group) is 2. The summed E-state index contributed by atoms with van der Waals surface area (Å²) >= 11 is 0. The van der Waals surface area contributed by atoms with Crippen LogP contribution in [0.2, 0.25) is 0 Å². The second kappa shape index (κ2) is 15.4. The van der Waals surface area contributed by atoms with E-state index in [4.69, 9.17) is 0 Å². The van der Waals surface area contributed by atoms with Crippen molar-refractivity contribution in [1.82, 2.24) is 20.0 Å². The number of rotatable bonds is 14. The van der Waals surface area contributed by atoms with E-state index in [1.165, 1.54) is 26.2 Å². The predicted octanol–water partition coefficient (Wildman–Crippen LogP) is 2.72. The number of hydrogen-bond acceptors (Lipinski definition) is 9. The van der Waals surface area contributed by atoms with E-state index in [1.807, 2.05) is 11.8 Å². The third-order valence-corrected chi connectivity index (χ3v) is 9.64. The van der Waals surface area contributed by atoms with Crippen molar-refractivity contribution in [2.24, 2.45) is 16.3 Å². The molecule has 2 amide bonds. The number of nitrogens with zero attached hydrogens (tertiary/aromatic N) is 5. The maximum atomic E-state index is 15.5. The van der Waals surface area contributed by atoms with Crippen LogP contribution in [0.5, 0.6) is 0 Å². The van der Waals surface area contributed by atoms with E-state index in [0.717, 1.165) is 68.6 Å². The second-order valence-corrected chi connectivity index (χ2v) is 12.7. The van der Waals surface area contributed by atoms with Gasteiger partial charge in [-0.25, -0.2) is 4.39 Å². The van der Waals surface area contributed by atoms with Crippen LogP contribution in [0, 0.1) is 17.2 Å². The van der Waals surface area contributed by atoms with Crippen molar-refractivity contribution in [1.29, 1.82) is 0 Å². The Balaban J connectivity index is 1.32. The normalized spacial score (nSPS) is 19.4. The molecular weight excluding hydrogens is 591 g/mol. The van der Waals surface area contributed by atoms with E-state index in [9.17, 15) is 24.0 Å². The standard InChI is InChI=1S/C34H45FN6O5/c1-5-27(20-44)37-17-24(2)41-22-34(23-41)10-13-39(21-34)18-25-8-11-40(12-9-25)31-15-26(19-43)28(16-29(31)35)33(46)38(4)30(7-6-14-42)32(45)36-3/h5,14-17,19-20,25,30H,1,6-13,18,21-23H2,2-4H3,(H,36,45)/b24-17+,37-27+. The zero-order valence-electron chi connectivity index (χ0n) is 27.0. The maximum Gasteiger partial charge on any atom is 0.255 e. The zero-order valence-corrected chi connectivity index (χ0v) is 27.0. The number of carbonyl (C=O) groups excluding carboxylic acids is 5. The molecule has 1 aromatic rings. The van der Waals surface area contributed by atoms with Crippen LogP contribution in [0.1, 0.15) is 59.7 Å². The minimum absolute atomic E-state index is 0.0556. The molecule has 0 aromatic heterocycles.